The summed E-state index contributed by atoms with van der Waals surface area (Å²) in [5.41, 5.74) is 2.43. The first-order valence-corrected chi connectivity index (χ1v) is 8.83. The molecule has 0 aromatic heterocycles. The normalized spacial score (nSPS) is 15.5. The molecule has 1 aliphatic rings. The summed E-state index contributed by atoms with van der Waals surface area (Å²) in [7, 11) is -3.55. The van der Waals surface area contributed by atoms with E-state index in [4.69, 9.17) is 5.11 Å². The second-order valence-electron chi connectivity index (χ2n) is 5.54. The Morgan fingerprint density at radius 1 is 1.29 bits per heavy atom. The van der Waals surface area contributed by atoms with Crippen molar-refractivity contribution in [2.45, 2.75) is 44.6 Å². The van der Waals surface area contributed by atoms with Crippen LogP contribution in [0.3, 0.4) is 0 Å². The van der Waals surface area contributed by atoms with Crippen LogP contribution < -0.4 is 5.32 Å². The summed E-state index contributed by atoms with van der Waals surface area (Å²) in [6.07, 6.45) is 1.76. The maximum absolute atomic E-state index is 12.9. The van der Waals surface area contributed by atoms with E-state index in [0.29, 0.717) is 4.90 Å². The number of aliphatic hydroxyl groups excluding tert-OH is 1. The molecule has 1 aliphatic carbocycles. The van der Waals surface area contributed by atoms with Gasteiger partial charge >= 0.3 is 0 Å². The van der Waals surface area contributed by atoms with Gasteiger partial charge in [-0.15, -0.1) is 0 Å². The Balaban J connectivity index is 2.43. The van der Waals surface area contributed by atoms with Gasteiger partial charge in [-0.1, -0.05) is 0 Å². The van der Waals surface area contributed by atoms with Crippen molar-refractivity contribution >= 4 is 15.7 Å². The number of aryl methyl sites for hydroxylation is 2. The number of nitrogens with one attached hydrogen (secondary N) is 1. The highest BCUT2D eigenvalue weighted by atomic mass is 32.2. The maximum Gasteiger partial charge on any atom is 0.243 e. The molecule has 0 unspecified atom stereocenters. The summed E-state index contributed by atoms with van der Waals surface area (Å²) in [6, 6.07) is 3.79. The van der Waals surface area contributed by atoms with Gasteiger partial charge in [0, 0.05) is 24.8 Å². The van der Waals surface area contributed by atoms with Crippen LogP contribution in [0.1, 0.15) is 30.9 Å². The van der Waals surface area contributed by atoms with Crippen molar-refractivity contribution in [3.8, 4) is 0 Å². The Kier molecular flexibility index (Phi) is 4.91. The second-order valence-corrected chi connectivity index (χ2v) is 7.37. The Labute approximate surface area is 127 Å². The number of hydrogen-bond donors (Lipinski definition) is 2. The van der Waals surface area contributed by atoms with Gasteiger partial charge in [0.1, 0.15) is 0 Å². The Morgan fingerprint density at radius 3 is 2.29 bits per heavy atom. The molecule has 1 fully saturated rings. The molecule has 1 saturated carbocycles. The van der Waals surface area contributed by atoms with Gasteiger partial charge < -0.3 is 10.4 Å². The van der Waals surface area contributed by atoms with E-state index in [0.717, 1.165) is 36.2 Å². The summed E-state index contributed by atoms with van der Waals surface area (Å²) in [5.74, 6) is 0. The highest BCUT2D eigenvalue weighted by Gasteiger charge is 2.38. The van der Waals surface area contributed by atoms with E-state index < -0.39 is 10.0 Å². The number of aliphatic hydroxyl groups is 1. The fourth-order valence-corrected chi connectivity index (χ4v) is 4.83. The van der Waals surface area contributed by atoms with Crippen molar-refractivity contribution in [3.05, 3.63) is 23.3 Å². The Morgan fingerprint density at radius 2 is 1.86 bits per heavy atom. The van der Waals surface area contributed by atoms with Crippen LogP contribution in [0.2, 0.25) is 0 Å². The molecular weight excluding hydrogens is 288 g/mol. The van der Waals surface area contributed by atoms with Crippen LogP contribution in [0, 0.1) is 13.8 Å². The van der Waals surface area contributed by atoms with Gasteiger partial charge in [-0.25, -0.2) is 8.42 Å². The van der Waals surface area contributed by atoms with Gasteiger partial charge in [-0.05, 0) is 56.9 Å². The number of hydrogen-bond acceptors (Lipinski definition) is 4. The van der Waals surface area contributed by atoms with E-state index in [2.05, 4.69) is 5.32 Å². The lowest BCUT2D eigenvalue weighted by molar-refractivity contribution is 0.250. The Hall–Kier alpha value is -1.11. The van der Waals surface area contributed by atoms with E-state index in [-0.39, 0.29) is 19.2 Å². The van der Waals surface area contributed by atoms with Crippen LogP contribution in [0.15, 0.2) is 17.0 Å². The lowest BCUT2D eigenvalue weighted by Gasteiger charge is -2.23. The van der Waals surface area contributed by atoms with E-state index >= 15 is 0 Å². The third kappa shape index (κ3) is 3.39. The highest BCUT2D eigenvalue weighted by molar-refractivity contribution is 7.89. The fourth-order valence-electron chi connectivity index (χ4n) is 2.74. The molecule has 1 aromatic carbocycles. The first-order valence-electron chi connectivity index (χ1n) is 7.39. The van der Waals surface area contributed by atoms with E-state index in [1.165, 1.54) is 4.31 Å². The number of anilines is 1. The molecule has 0 bridgehead atoms. The molecule has 21 heavy (non-hydrogen) atoms. The minimum atomic E-state index is -3.55. The van der Waals surface area contributed by atoms with Crippen LogP contribution in [0.5, 0.6) is 0 Å². The standard InChI is InChI=1S/C15H24N2O3S/c1-4-16-13-9-11(2)15(12(3)10-13)21(19,20)17(7-8-18)14-5-6-14/h9-10,14,16,18H,4-8H2,1-3H3. The number of benzene rings is 1. The van der Waals surface area contributed by atoms with Gasteiger partial charge in [-0.2, -0.15) is 4.31 Å². The van der Waals surface area contributed by atoms with Gasteiger partial charge in [0.2, 0.25) is 10.0 Å². The molecular formula is C15H24N2O3S. The second kappa shape index (κ2) is 6.34. The zero-order chi connectivity index (χ0) is 15.6. The molecule has 1 aromatic rings. The topological polar surface area (TPSA) is 69.6 Å². The molecule has 0 spiro atoms. The summed E-state index contributed by atoms with van der Waals surface area (Å²) in [5, 5.41) is 12.4. The SMILES string of the molecule is CCNc1cc(C)c(S(=O)(=O)N(CCO)C2CC2)c(C)c1. The number of sulfonamides is 1. The summed E-state index contributed by atoms with van der Waals surface area (Å²) in [6.45, 7) is 6.47. The summed E-state index contributed by atoms with van der Waals surface area (Å²) in [4.78, 5) is 0.379. The fraction of sp³-hybridized carbons (Fsp3) is 0.600. The van der Waals surface area contributed by atoms with Gasteiger partial charge in [0.25, 0.3) is 0 Å². The molecule has 118 valence electrons. The maximum atomic E-state index is 12.9. The molecule has 0 amide bonds. The molecule has 0 radical (unpaired) electrons. The summed E-state index contributed by atoms with van der Waals surface area (Å²) >= 11 is 0. The Bertz CT molecular complexity index is 586. The van der Waals surface area contributed by atoms with Crippen LogP contribution in [0.25, 0.3) is 0 Å². The quantitative estimate of drug-likeness (QED) is 0.806. The first kappa shape index (κ1) is 16.3. The van der Waals surface area contributed by atoms with Crippen molar-refractivity contribution in [1.82, 2.24) is 4.31 Å². The zero-order valence-electron chi connectivity index (χ0n) is 12.9. The van der Waals surface area contributed by atoms with E-state index in [9.17, 15) is 8.42 Å². The molecule has 2 rings (SSSR count). The smallest absolute Gasteiger partial charge is 0.243 e. The molecule has 6 heteroatoms. The minimum absolute atomic E-state index is 0.0504. The zero-order valence-corrected chi connectivity index (χ0v) is 13.7. The average Bonchev–Trinajstić information content (AvgIpc) is 3.19. The molecule has 0 heterocycles. The third-order valence-corrected chi connectivity index (χ3v) is 5.94. The molecule has 5 nitrogen and oxygen atoms in total. The molecule has 0 aliphatic heterocycles. The van der Waals surface area contributed by atoms with Gasteiger partial charge in [0.15, 0.2) is 0 Å². The largest absolute Gasteiger partial charge is 0.395 e. The predicted molar refractivity (Wildman–Crippen MR) is 84.1 cm³/mol. The first-order chi connectivity index (χ1) is 9.91. The van der Waals surface area contributed by atoms with Crippen molar-refractivity contribution in [3.63, 3.8) is 0 Å². The third-order valence-electron chi connectivity index (χ3n) is 3.68. The van der Waals surface area contributed by atoms with Gasteiger partial charge in [-0.3, -0.25) is 0 Å². The van der Waals surface area contributed by atoms with Crippen LogP contribution >= 0.6 is 0 Å². The summed E-state index contributed by atoms with van der Waals surface area (Å²) < 4.78 is 27.3. The van der Waals surface area contributed by atoms with Crippen molar-refractivity contribution in [1.29, 1.82) is 0 Å². The predicted octanol–water partition coefficient (Wildman–Crippen LogP) is 1.88. The van der Waals surface area contributed by atoms with Crippen molar-refractivity contribution in [2.75, 3.05) is 25.0 Å². The van der Waals surface area contributed by atoms with Crippen LogP contribution in [-0.2, 0) is 10.0 Å². The van der Waals surface area contributed by atoms with E-state index in [1.54, 1.807) is 0 Å². The van der Waals surface area contributed by atoms with E-state index in [1.807, 2.05) is 32.9 Å². The van der Waals surface area contributed by atoms with Crippen molar-refractivity contribution in [2.24, 2.45) is 0 Å². The molecule has 0 saturated heterocycles. The van der Waals surface area contributed by atoms with Crippen LogP contribution in [-0.4, -0.2) is 43.6 Å². The number of nitrogens with zero attached hydrogens (tertiary/aromatic N) is 1. The van der Waals surface area contributed by atoms with Gasteiger partial charge in [0.05, 0.1) is 11.5 Å². The highest BCUT2D eigenvalue weighted by Crippen LogP contribution is 2.34. The lowest BCUT2D eigenvalue weighted by Crippen LogP contribution is -2.36. The monoisotopic (exact) mass is 312 g/mol. The van der Waals surface area contributed by atoms with Crippen LogP contribution in [0.4, 0.5) is 5.69 Å². The molecule has 0 atom stereocenters. The lowest BCUT2D eigenvalue weighted by atomic mass is 10.1. The average molecular weight is 312 g/mol. The van der Waals surface area contributed by atoms with Crippen molar-refractivity contribution < 1.29 is 13.5 Å². The molecule has 2 N–H and O–H groups in total. The number of rotatable bonds is 7. The minimum Gasteiger partial charge on any atom is -0.395 e.